The average molecular weight is 134 g/mol. The molecule has 0 amide bonds. The zero-order chi connectivity index (χ0) is 7.40. The van der Waals surface area contributed by atoms with E-state index < -0.39 is 0 Å². The number of nitrogens with zero attached hydrogens (tertiary/aromatic N) is 2. The van der Waals surface area contributed by atoms with Crippen molar-refractivity contribution in [2.75, 3.05) is 0 Å². The second-order valence-electron chi connectivity index (χ2n) is 1.97. The Bertz CT molecular complexity index is 222. The van der Waals surface area contributed by atoms with Gasteiger partial charge in [-0.1, -0.05) is 18.4 Å². The van der Waals surface area contributed by atoms with Gasteiger partial charge < -0.3 is 0 Å². The molecule has 0 radical (unpaired) electrons. The van der Waals surface area contributed by atoms with Crippen LogP contribution in [0.1, 0.15) is 0 Å². The van der Waals surface area contributed by atoms with E-state index in [0.717, 1.165) is 12.7 Å². The van der Waals surface area contributed by atoms with Gasteiger partial charge in [0.05, 0.1) is 0 Å². The van der Waals surface area contributed by atoms with Crippen LogP contribution in [-0.2, 0) is 0 Å². The second kappa shape index (κ2) is 3.10. The summed E-state index contributed by atoms with van der Waals surface area (Å²) in [5.41, 5.74) is 1.12. The third-order valence-electron chi connectivity index (χ3n) is 1.31. The highest BCUT2D eigenvalue weighted by Crippen LogP contribution is 2.01. The Hall–Kier alpha value is -1.19. The van der Waals surface area contributed by atoms with Crippen LogP contribution in [0, 0.1) is 4.91 Å². The number of nitroso groups, excluding NO2 is 1. The molecule has 0 saturated carbocycles. The first-order valence-electron chi connectivity index (χ1n) is 3.15. The van der Waals surface area contributed by atoms with E-state index in [9.17, 15) is 4.91 Å². The Morgan fingerprint density at radius 1 is 1.60 bits per heavy atom. The van der Waals surface area contributed by atoms with Gasteiger partial charge in [-0.25, -0.2) is 4.98 Å². The molecule has 50 valence electrons. The summed E-state index contributed by atoms with van der Waals surface area (Å²) in [5.74, 6) is 0.247. The predicted molar refractivity (Wildman–Crippen MR) is 42.3 cm³/mol. The molecule has 1 heterocycles. The van der Waals surface area contributed by atoms with Crippen molar-refractivity contribution < 1.29 is 0 Å². The number of hydrogen-bond acceptors (Lipinski definition) is 3. The smallest absolute Gasteiger partial charge is 0.196 e. The fourth-order valence-corrected chi connectivity index (χ4v) is 0.680. The SMILES string of the molecule is CBc1ccc(N=O)nc1. The molecule has 0 N–H and O–H groups in total. The van der Waals surface area contributed by atoms with Crippen LogP contribution >= 0.6 is 0 Å². The third-order valence-corrected chi connectivity index (χ3v) is 1.31. The van der Waals surface area contributed by atoms with Crippen LogP contribution < -0.4 is 5.46 Å². The summed E-state index contributed by atoms with van der Waals surface area (Å²) < 4.78 is 0. The molecule has 0 aliphatic rings. The number of hydrogen-bond donors (Lipinski definition) is 0. The first-order valence-corrected chi connectivity index (χ1v) is 3.15. The highest BCUT2D eigenvalue weighted by atomic mass is 16.3. The lowest BCUT2D eigenvalue weighted by atomic mass is 9.74. The highest BCUT2D eigenvalue weighted by molar-refractivity contribution is 6.51. The van der Waals surface area contributed by atoms with Gasteiger partial charge in [-0.3, -0.25) is 0 Å². The van der Waals surface area contributed by atoms with Gasteiger partial charge in [0, 0.05) is 6.20 Å². The zero-order valence-electron chi connectivity index (χ0n) is 5.74. The van der Waals surface area contributed by atoms with E-state index in [0.29, 0.717) is 0 Å². The lowest BCUT2D eigenvalue weighted by Gasteiger charge is -1.91. The van der Waals surface area contributed by atoms with Gasteiger partial charge in [-0.05, 0) is 11.2 Å². The summed E-state index contributed by atoms with van der Waals surface area (Å²) in [7, 11) is 0.937. The van der Waals surface area contributed by atoms with Crippen molar-refractivity contribution in [3.05, 3.63) is 23.2 Å². The molecule has 10 heavy (non-hydrogen) atoms. The monoisotopic (exact) mass is 134 g/mol. The molecule has 0 fully saturated rings. The van der Waals surface area contributed by atoms with E-state index in [1.165, 1.54) is 0 Å². The van der Waals surface area contributed by atoms with Gasteiger partial charge in [-0.2, -0.15) is 0 Å². The van der Waals surface area contributed by atoms with Crippen LogP contribution in [0.15, 0.2) is 23.5 Å². The fourth-order valence-electron chi connectivity index (χ4n) is 0.680. The number of aromatic nitrogens is 1. The standard InChI is InChI=1S/C6H7BN2O/c1-7-5-2-3-6(9-10)8-4-5/h2-4,7H,1H3. The van der Waals surface area contributed by atoms with E-state index in [-0.39, 0.29) is 5.82 Å². The minimum absolute atomic E-state index is 0.247. The van der Waals surface area contributed by atoms with Gasteiger partial charge >= 0.3 is 0 Å². The summed E-state index contributed by atoms with van der Waals surface area (Å²) in [6.07, 6.45) is 1.66. The largest absolute Gasteiger partial charge is 0.235 e. The molecule has 0 saturated heterocycles. The van der Waals surface area contributed by atoms with Crippen LogP contribution in [0.25, 0.3) is 0 Å². The van der Waals surface area contributed by atoms with E-state index in [4.69, 9.17) is 0 Å². The minimum atomic E-state index is 0.247. The second-order valence-corrected chi connectivity index (χ2v) is 1.97. The Morgan fingerprint density at radius 2 is 2.40 bits per heavy atom. The van der Waals surface area contributed by atoms with Gasteiger partial charge in [0.1, 0.15) is 0 Å². The van der Waals surface area contributed by atoms with Gasteiger partial charge in [0.2, 0.25) is 0 Å². The number of rotatable bonds is 2. The summed E-state index contributed by atoms with van der Waals surface area (Å²) in [6.45, 7) is 2.03. The van der Waals surface area contributed by atoms with Crippen molar-refractivity contribution >= 4 is 18.6 Å². The molecule has 0 aliphatic heterocycles. The molecule has 1 aromatic heterocycles. The van der Waals surface area contributed by atoms with Gasteiger partial charge in [-0.15, -0.1) is 4.91 Å². The Morgan fingerprint density at radius 3 is 2.80 bits per heavy atom. The van der Waals surface area contributed by atoms with Crippen molar-refractivity contribution in [1.82, 2.24) is 4.98 Å². The summed E-state index contributed by atoms with van der Waals surface area (Å²) in [4.78, 5) is 13.7. The maximum atomic E-state index is 9.89. The van der Waals surface area contributed by atoms with Crippen molar-refractivity contribution in [2.45, 2.75) is 6.82 Å². The molecule has 0 spiro atoms. The quantitative estimate of drug-likeness (QED) is 0.438. The molecule has 0 bridgehead atoms. The normalized spacial score (nSPS) is 8.90. The van der Waals surface area contributed by atoms with Crippen LogP contribution in [0.2, 0.25) is 6.82 Å². The maximum Gasteiger partial charge on any atom is 0.196 e. The van der Waals surface area contributed by atoms with Gasteiger partial charge in [0.25, 0.3) is 0 Å². The lowest BCUT2D eigenvalue weighted by molar-refractivity contribution is 1.28. The summed E-state index contributed by atoms with van der Waals surface area (Å²) in [5, 5.41) is 2.68. The highest BCUT2D eigenvalue weighted by Gasteiger charge is 1.92. The molecule has 1 aromatic rings. The van der Waals surface area contributed by atoms with E-state index in [1.54, 1.807) is 12.3 Å². The summed E-state index contributed by atoms with van der Waals surface area (Å²) in [6, 6.07) is 3.47. The maximum absolute atomic E-state index is 9.89. The first kappa shape index (κ1) is 6.93. The molecular weight excluding hydrogens is 127 g/mol. The van der Waals surface area contributed by atoms with Crippen molar-refractivity contribution in [1.29, 1.82) is 0 Å². The zero-order valence-corrected chi connectivity index (χ0v) is 5.74. The van der Waals surface area contributed by atoms with Gasteiger partial charge in [0.15, 0.2) is 13.1 Å². The van der Waals surface area contributed by atoms with E-state index in [1.807, 2.05) is 12.9 Å². The lowest BCUT2D eigenvalue weighted by Crippen LogP contribution is -2.09. The molecular formula is C6H7BN2O. The Labute approximate surface area is 59.7 Å². The average Bonchev–Trinajstić information content (AvgIpc) is 2.05. The summed E-state index contributed by atoms with van der Waals surface area (Å²) >= 11 is 0. The van der Waals surface area contributed by atoms with Crippen LogP contribution in [-0.4, -0.2) is 12.3 Å². The molecule has 4 heteroatoms. The van der Waals surface area contributed by atoms with Crippen LogP contribution in [0.5, 0.6) is 0 Å². The molecule has 0 unspecified atom stereocenters. The van der Waals surface area contributed by atoms with E-state index in [2.05, 4.69) is 10.2 Å². The minimum Gasteiger partial charge on any atom is -0.235 e. The molecule has 3 nitrogen and oxygen atoms in total. The van der Waals surface area contributed by atoms with Crippen molar-refractivity contribution in [3.63, 3.8) is 0 Å². The van der Waals surface area contributed by atoms with E-state index >= 15 is 0 Å². The first-order chi connectivity index (χ1) is 4.86. The molecule has 0 aromatic carbocycles. The third kappa shape index (κ3) is 1.40. The Balaban J connectivity index is 2.90. The van der Waals surface area contributed by atoms with Crippen molar-refractivity contribution in [3.8, 4) is 0 Å². The Kier molecular flexibility index (Phi) is 2.15. The number of pyridine rings is 1. The molecule has 1 rings (SSSR count). The predicted octanol–water partition coefficient (Wildman–Crippen LogP) is 0.589. The fraction of sp³-hybridized carbons (Fsp3) is 0.167. The van der Waals surface area contributed by atoms with Crippen LogP contribution in [0.4, 0.5) is 5.82 Å². The molecule has 0 aliphatic carbocycles. The van der Waals surface area contributed by atoms with Crippen molar-refractivity contribution in [2.24, 2.45) is 5.18 Å². The molecule has 0 atom stereocenters. The van der Waals surface area contributed by atoms with Crippen LogP contribution in [0.3, 0.4) is 0 Å². The topological polar surface area (TPSA) is 42.3 Å².